The van der Waals surface area contributed by atoms with Gasteiger partial charge in [0.25, 0.3) is 0 Å². The Kier molecular flexibility index (Phi) is 8.22. The third kappa shape index (κ3) is 9.02. The van der Waals surface area contributed by atoms with Crippen molar-refractivity contribution in [2.75, 3.05) is 0 Å². The number of hydrogen-bond acceptors (Lipinski definition) is 1. The molecule has 0 bridgehead atoms. The van der Waals surface area contributed by atoms with Crippen LogP contribution in [-0.2, 0) is 4.74 Å². The van der Waals surface area contributed by atoms with E-state index in [2.05, 4.69) is 6.92 Å². The largest absolute Gasteiger partial charge is 0.473 e. The minimum absolute atomic E-state index is 1.08. The summed E-state index contributed by atoms with van der Waals surface area (Å²) in [6, 6.07) is 0. The van der Waals surface area contributed by atoms with Crippen LogP contribution in [0.2, 0.25) is 0 Å². The smallest absolute Gasteiger partial charge is 0.0901 e. The number of rotatable bonds is 5. The lowest BCUT2D eigenvalue weighted by molar-refractivity contribution is 0.400. The molecular formula is C10H16O. The van der Waals surface area contributed by atoms with E-state index in [0.29, 0.717) is 0 Å². The van der Waals surface area contributed by atoms with Crippen LogP contribution in [0.3, 0.4) is 0 Å². The van der Waals surface area contributed by atoms with E-state index in [1.165, 1.54) is 6.42 Å². The van der Waals surface area contributed by atoms with E-state index in [9.17, 15) is 0 Å². The molecule has 1 heteroatoms. The molecular weight excluding hydrogens is 136 g/mol. The maximum atomic E-state index is 5.03. The molecule has 0 fully saturated rings. The van der Waals surface area contributed by atoms with Crippen molar-refractivity contribution in [3.63, 3.8) is 0 Å². The van der Waals surface area contributed by atoms with Crippen molar-refractivity contribution in [2.24, 2.45) is 0 Å². The van der Waals surface area contributed by atoms with Crippen LogP contribution in [0.4, 0.5) is 0 Å². The quantitative estimate of drug-likeness (QED) is 0.433. The number of hydrogen-bond donors (Lipinski definition) is 0. The van der Waals surface area contributed by atoms with Gasteiger partial charge >= 0.3 is 0 Å². The fourth-order valence-electron chi connectivity index (χ4n) is 0.537. The Bertz CT molecular complexity index is 143. The summed E-state index contributed by atoms with van der Waals surface area (Å²) in [5.74, 6) is 0. The highest BCUT2D eigenvalue weighted by Crippen LogP contribution is 1.89. The average molecular weight is 152 g/mol. The molecule has 0 saturated carbocycles. The van der Waals surface area contributed by atoms with E-state index in [4.69, 9.17) is 4.74 Å². The summed E-state index contributed by atoms with van der Waals surface area (Å²) < 4.78 is 5.03. The van der Waals surface area contributed by atoms with E-state index >= 15 is 0 Å². The highest BCUT2D eigenvalue weighted by molar-refractivity contribution is 4.98. The monoisotopic (exact) mass is 152 g/mol. The van der Waals surface area contributed by atoms with Crippen molar-refractivity contribution in [3.05, 3.63) is 36.8 Å². The summed E-state index contributed by atoms with van der Waals surface area (Å²) in [7, 11) is 0. The fraction of sp³-hybridized carbons (Fsp3) is 0.400. The zero-order valence-electron chi connectivity index (χ0n) is 7.29. The van der Waals surface area contributed by atoms with Gasteiger partial charge in [-0.2, -0.15) is 0 Å². The molecule has 0 saturated heterocycles. The number of allylic oxidation sites excluding steroid dienone is 4. The Hall–Kier alpha value is -0.980. The topological polar surface area (TPSA) is 9.23 Å². The zero-order valence-corrected chi connectivity index (χ0v) is 7.29. The van der Waals surface area contributed by atoms with E-state index in [0.717, 1.165) is 6.42 Å². The summed E-state index contributed by atoms with van der Waals surface area (Å²) in [6.07, 6.45) is 13.4. The highest BCUT2D eigenvalue weighted by atomic mass is 16.5. The minimum atomic E-state index is 1.08. The first-order valence-electron chi connectivity index (χ1n) is 4.00. The van der Waals surface area contributed by atoms with Crippen LogP contribution in [-0.4, -0.2) is 0 Å². The Morgan fingerprint density at radius 3 is 2.64 bits per heavy atom. The molecule has 11 heavy (non-hydrogen) atoms. The molecule has 0 aliphatic carbocycles. The Morgan fingerprint density at radius 2 is 2.00 bits per heavy atom. The maximum Gasteiger partial charge on any atom is 0.0901 e. The van der Waals surface area contributed by atoms with Gasteiger partial charge in [0.1, 0.15) is 0 Å². The molecule has 0 aliphatic heterocycles. The van der Waals surface area contributed by atoms with Crippen molar-refractivity contribution in [3.8, 4) is 0 Å². The van der Waals surface area contributed by atoms with Gasteiger partial charge in [-0.25, -0.2) is 0 Å². The molecule has 62 valence electrons. The van der Waals surface area contributed by atoms with Crippen LogP contribution in [0.25, 0.3) is 0 Å². The van der Waals surface area contributed by atoms with Gasteiger partial charge in [0.05, 0.1) is 12.5 Å². The average Bonchev–Trinajstić information content (AvgIpc) is 2.03. The first-order valence-corrected chi connectivity index (χ1v) is 4.00. The van der Waals surface area contributed by atoms with Gasteiger partial charge in [0.15, 0.2) is 0 Å². The van der Waals surface area contributed by atoms with E-state index in [1.807, 2.05) is 31.2 Å². The van der Waals surface area contributed by atoms with Crippen LogP contribution in [0.1, 0.15) is 26.7 Å². The van der Waals surface area contributed by atoms with Gasteiger partial charge in [-0.05, 0) is 25.5 Å². The second-order valence-corrected chi connectivity index (χ2v) is 2.15. The Balaban J connectivity index is 3.25. The van der Waals surface area contributed by atoms with Crippen molar-refractivity contribution in [1.29, 1.82) is 0 Å². The third-order valence-corrected chi connectivity index (χ3v) is 1.09. The van der Waals surface area contributed by atoms with Crippen LogP contribution in [0, 0.1) is 0 Å². The second-order valence-electron chi connectivity index (χ2n) is 2.15. The molecule has 0 aliphatic rings. The van der Waals surface area contributed by atoms with Crippen molar-refractivity contribution < 1.29 is 4.74 Å². The third-order valence-electron chi connectivity index (χ3n) is 1.09. The predicted octanol–water partition coefficient (Wildman–Crippen LogP) is 3.41. The van der Waals surface area contributed by atoms with Crippen LogP contribution in [0.5, 0.6) is 0 Å². The van der Waals surface area contributed by atoms with E-state index in [-0.39, 0.29) is 0 Å². The molecule has 0 rings (SSSR count). The highest BCUT2D eigenvalue weighted by Gasteiger charge is 1.70. The number of ether oxygens (including phenoxy) is 1. The molecule has 0 N–H and O–H groups in total. The molecule has 0 aromatic rings. The molecule has 0 aromatic carbocycles. The van der Waals surface area contributed by atoms with E-state index < -0.39 is 0 Å². The standard InChI is InChI=1S/C10H16O/c1-3-5-7-9-11-10-8-6-4-2/h3,5,7-10H,4,6H2,1-2H3. The number of unbranched alkanes of at least 4 members (excludes halogenated alkanes) is 1. The lowest BCUT2D eigenvalue weighted by atomic mass is 10.3. The Labute approximate surface area is 69.1 Å². The minimum Gasteiger partial charge on any atom is -0.473 e. The van der Waals surface area contributed by atoms with Gasteiger partial charge in [-0.1, -0.05) is 25.5 Å². The summed E-state index contributed by atoms with van der Waals surface area (Å²) in [6.45, 7) is 4.11. The van der Waals surface area contributed by atoms with Crippen molar-refractivity contribution >= 4 is 0 Å². The molecule has 0 amide bonds. The van der Waals surface area contributed by atoms with Crippen LogP contribution in [0.15, 0.2) is 36.8 Å². The maximum absolute atomic E-state index is 5.03. The first kappa shape index (κ1) is 10.0. The predicted molar refractivity (Wildman–Crippen MR) is 49.1 cm³/mol. The van der Waals surface area contributed by atoms with Crippen molar-refractivity contribution in [1.82, 2.24) is 0 Å². The van der Waals surface area contributed by atoms with Gasteiger partial charge in [-0.3, -0.25) is 0 Å². The molecule has 0 heterocycles. The van der Waals surface area contributed by atoms with Gasteiger partial charge in [0, 0.05) is 0 Å². The zero-order chi connectivity index (χ0) is 8.36. The van der Waals surface area contributed by atoms with Gasteiger partial charge < -0.3 is 4.74 Å². The van der Waals surface area contributed by atoms with Gasteiger partial charge in [0.2, 0.25) is 0 Å². The Morgan fingerprint density at radius 1 is 1.18 bits per heavy atom. The fourth-order valence-corrected chi connectivity index (χ4v) is 0.537. The molecule has 0 spiro atoms. The summed E-state index contributed by atoms with van der Waals surface area (Å²) in [5.41, 5.74) is 0. The van der Waals surface area contributed by atoms with Crippen molar-refractivity contribution in [2.45, 2.75) is 26.7 Å². The lowest BCUT2D eigenvalue weighted by Crippen LogP contribution is -1.65. The van der Waals surface area contributed by atoms with Crippen LogP contribution < -0.4 is 0 Å². The summed E-state index contributed by atoms with van der Waals surface area (Å²) in [4.78, 5) is 0. The second kappa shape index (κ2) is 9.02. The van der Waals surface area contributed by atoms with Crippen LogP contribution >= 0.6 is 0 Å². The van der Waals surface area contributed by atoms with E-state index in [1.54, 1.807) is 12.5 Å². The van der Waals surface area contributed by atoms with Gasteiger partial charge in [-0.15, -0.1) is 0 Å². The summed E-state index contributed by atoms with van der Waals surface area (Å²) >= 11 is 0. The molecule has 0 aromatic heterocycles. The molecule has 0 atom stereocenters. The SMILES string of the molecule is CC=CC=COC=CCCC. The normalized spacial score (nSPS) is 12.2. The first-order chi connectivity index (χ1) is 5.41. The summed E-state index contributed by atoms with van der Waals surface area (Å²) in [5, 5.41) is 0. The molecule has 1 nitrogen and oxygen atoms in total. The molecule has 0 unspecified atom stereocenters. The molecule has 0 radical (unpaired) electrons. The lowest BCUT2D eigenvalue weighted by Gasteiger charge is -1.87.